The van der Waals surface area contributed by atoms with E-state index in [1.54, 1.807) is 4.90 Å². The first-order valence-electron chi connectivity index (χ1n) is 8.98. The molecule has 0 aliphatic carbocycles. The van der Waals surface area contributed by atoms with Gasteiger partial charge in [0.1, 0.15) is 18.2 Å². The maximum Gasteiger partial charge on any atom is 0.243 e. The van der Waals surface area contributed by atoms with Crippen LogP contribution >= 0.6 is 0 Å². The van der Waals surface area contributed by atoms with Crippen LogP contribution in [0.3, 0.4) is 0 Å². The van der Waals surface area contributed by atoms with E-state index >= 15 is 0 Å². The molecular weight excluding hydrogens is 346 g/mol. The molecule has 142 valence electrons. The highest BCUT2D eigenvalue weighted by Crippen LogP contribution is 2.46. The minimum Gasteiger partial charge on any atom is -0.388 e. The summed E-state index contributed by atoms with van der Waals surface area (Å²) in [6.45, 7) is 6.42. The van der Waals surface area contributed by atoms with Gasteiger partial charge >= 0.3 is 0 Å². The molecule has 2 aromatic rings. The molecule has 1 fully saturated rings. The van der Waals surface area contributed by atoms with Gasteiger partial charge in [-0.3, -0.25) is 9.69 Å². The van der Waals surface area contributed by atoms with Crippen LogP contribution in [0.5, 0.6) is 0 Å². The molecule has 3 N–H and O–H groups in total. The number of hydrogen-bond donors (Lipinski definition) is 2. The highest BCUT2D eigenvalue weighted by molar-refractivity contribution is 6.12. The number of carbonyl (C=O) groups is 1. The van der Waals surface area contributed by atoms with Crippen molar-refractivity contribution in [2.75, 3.05) is 41.8 Å². The van der Waals surface area contributed by atoms with E-state index in [-0.39, 0.29) is 24.2 Å². The normalized spacial score (nSPS) is 18.7. The number of rotatable bonds is 3. The highest BCUT2D eigenvalue weighted by atomic mass is 16.5. The van der Waals surface area contributed by atoms with Crippen LogP contribution in [0.4, 0.5) is 23.0 Å². The summed E-state index contributed by atoms with van der Waals surface area (Å²) < 4.78 is 5.39. The molecule has 2 aliphatic rings. The fourth-order valence-electron chi connectivity index (χ4n) is 3.70. The molecule has 0 unspecified atom stereocenters. The van der Waals surface area contributed by atoms with Crippen molar-refractivity contribution in [2.45, 2.75) is 25.9 Å². The molecule has 1 aromatic carbocycles. The van der Waals surface area contributed by atoms with Crippen LogP contribution in [0.2, 0.25) is 0 Å². The number of nitrogen functional groups attached to an aromatic ring is 1. The second-order valence-electron chi connectivity index (χ2n) is 7.26. The van der Waals surface area contributed by atoms with Crippen LogP contribution in [0.15, 0.2) is 24.3 Å². The number of ether oxygens (including phenoxy) is 1. The number of nitrogens with zero attached hydrogens (tertiary/aromatic N) is 4. The van der Waals surface area contributed by atoms with Crippen LogP contribution in [0.25, 0.3) is 0 Å². The number of nitrogens with two attached hydrogens (primary N) is 1. The van der Waals surface area contributed by atoms with Gasteiger partial charge in [-0.2, -0.15) is 0 Å². The molecule has 1 aromatic heterocycles. The Morgan fingerprint density at radius 2 is 1.78 bits per heavy atom. The summed E-state index contributed by atoms with van der Waals surface area (Å²) in [5.41, 5.74) is 7.65. The van der Waals surface area contributed by atoms with Crippen molar-refractivity contribution in [1.29, 1.82) is 0 Å². The Morgan fingerprint density at radius 3 is 2.41 bits per heavy atom. The third-order valence-electron chi connectivity index (χ3n) is 5.16. The summed E-state index contributed by atoms with van der Waals surface area (Å²) in [6.07, 6.45) is 0. The molecule has 1 amide bonds. The second kappa shape index (κ2) is 6.47. The number of anilines is 4. The Balaban J connectivity index is 1.74. The first-order valence-corrected chi connectivity index (χ1v) is 8.98. The van der Waals surface area contributed by atoms with E-state index < -0.39 is 5.41 Å². The fraction of sp³-hybridized carbons (Fsp3) is 0.421. The third-order valence-corrected chi connectivity index (χ3v) is 5.16. The summed E-state index contributed by atoms with van der Waals surface area (Å²) in [7, 11) is 0. The van der Waals surface area contributed by atoms with E-state index in [0.717, 1.165) is 18.8 Å². The van der Waals surface area contributed by atoms with E-state index in [0.29, 0.717) is 30.3 Å². The zero-order valence-corrected chi connectivity index (χ0v) is 15.5. The maximum absolute atomic E-state index is 13.1. The van der Waals surface area contributed by atoms with Crippen molar-refractivity contribution >= 4 is 28.9 Å². The molecule has 0 radical (unpaired) electrons. The number of hydrogen-bond acceptors (Lipinski definition) is 7. The van der Waals surface area contributed by atoms with Crippen molar-refractivity contribution in [3.63, 3.8) is 0 Å². The predicted molar refractivity (Wildman–Crippen MR) is 102 cm³/mol. The monoisotopic (exact) mass is 369 g/mol. The van der Waals surface area contributed by atoms with Crippen LogP contribution in [0, 0.1) is 0 Å². The molecule has 8 heteroatoms. The molecular formula is C19H23N5O3. The molecule has 0 atom stereocenters. The van der Waals surface area contributed by atoms with E-state index in [1.165, 1.54) is 0 Å². The van der Waals surface area contributed by atoms with E-state index in [9.17, 15) is 9.90 Å². The first-order chi connectivity index (χ1) is 12.9. The molecule has 1 saturated heterocycles. The number of amides is 1. The molecule has 2 aliphatic heterocycles. The van der Waals surface area contributed by atoms with Gasteiger partial charge in [0.15, 0.2) is 5.82 Å². The van der Waals surface area contributed by atoms with Gasteiger partial charge in [-0.1, -0.05) is 0 Å². The predicted octanol–water partition coefficient (Wildman–Crippen LogP) is 1.34. The van der Waals surface area contributed by atoms with Crippen molar-refractivity contribution in [2.24, 2.45) is 0 Å². The Hall–Kier alpha value is -2.71. The molecule has 0 bridgehead atoms. The second-order valence-corrected chi connectivity index (χ2v) is 7.26. The molecule has 4 rings (SSSR count). The number of fused-ring (bicyclic) bond motifs is 1. The highest BCUT2D eigenvalue weighted by Gasteiger charge is 2.48. The standard InChI is InChI=1S/C19H23N5O3/c1-19(2)15-16(20)21-14(11-25)22-17(15)24(18(19)26)13-5-3-12(4-6-13)23-7-9-27-10-8-23/h3-6,25H,7-11H2,1-2H3,(H2,20,21,22). The van der Waals surface area contributed by atoms with Crippen molar-refractivity contribution in [1.82, 2.24) is 9.97 Å². The minimum absolute atomic E-state index is 0.118. The van der Waals surface area contributed by atoms with Gasteiger partial charge in [0.05, 0.1) is 29.9 Å². The Labute approximate surface area is 157 Å². The summed E-state index contributed by atoms with van der Waals surface area (Å²) in [4.78, 5) is 25.5. The van der Waals surface area contributed by atoms with Crippen LogP contribution < -0.4 is 15.5 Å². The number of aliphatic hydroxyl groups is 1. The summed E-state index contributed by atoms with van der Waals surface area (Å²) in [6, 6.07) is 7.81. The number of morpholine rings is 1. The lowest BCUT2D eigenvalue weighted by Crippen LogP contribution is -2.36. The fourth-order valence-corrected chi connectivity index (χ4v) is 3.70. The van der Waals surface area contributed by atoms with Crippen molar-refractivity contribution < 1.29 is 14.6 Å². The topological polar surface area (TPSA) is 105 Å². The maximum atomic E-state index is 13.1. The van der Waals surface area contributed by atoms with Gasteiger partial charge in [-0.25, -0.2) is 9.97 Å². The average molecular weight is 369 g/mol. The molecule has 3 heterocycles. The molecule has 0 saturated carbocycles. The lowest BCUT2D eigenvalue weighted by molar-refractivity contribution is -0.121. The zero-order valence-electron chi connectivity index (χ0n) is 15.5. The number of benzene rings is 1. The minimum atomic E-state index is -0.837. The smallest absolute Gasteiger partial charge is 0.243 e. The molecule has 27 heavy (non-hydrogen) atoms. The SMILES string of the molecule is CC1(C)C(=O)N(c2ccc(N3CCOCC3)cc2)c2nc(CO)nc(N)c21. The Kier molecular flexibility index (Phi) is 4.24. The lowest BCUT2D eigenvalue weighted by atomic mass is 9.87. The molecule has 0 spiro atoms. The van der Waals surface area contributed by atoms with Crippen LogP contribution in [-0.4, -0.2) is 47.3 Å². The van der Waals surface area contributed by atoms with Gasteiger partial charge in [0.2, 0.25) is 5.91 Å². The van der Waals surface area contributed by atoms with E-state index in [1.807, 2.05) is 38.1 Å². The van der Waals surface area contributed by atoms with Gasteiger partial charge < -0.3 is 20.5 Å². The zero-order chi connectivity index (χ0) is 19.2. The first kappa shape index (κ1) is 17.7. The van der Waals surface area contributed by atoms with Gasteiger partial charge in [0.25, 0.3) is 0 Å². The third kappa shape index (κ3) is 2.81. The summed E-state index contributed by atoms with van der Waals surface area (Å²) in [5, 5.41) is 9.43. The van der Waals surface area contributed by atoms with Crippen molar-refractivity contribution in [3.05, 3.63) is 35.7 Å². The Bertz CT molecular complexity index is 876. The lowest BCUT2D eigenvalue weighted by Gasteiger charge is -2.29. The summed E-state index contributed by atoms with van der Waals surface area (Å²) in [5.74, 6) is 0.759. The van der Waals surface area contributed by atoms with Gasteiger partial charge in [-0.15, -0.1) is 0 Å². The van der Waals surface area contributed by atoms with E-state index in [4.69, 9.17) is 10.5 Å². The Morgan fingerprint density at radius 1 is 1.15 bits per heavy atom. The van der Waals surface area contributed by atoms with Gasteiger partial charge in [-0.05, 0) is 38.1 Å². The van der Waals surface area contributed by atoms with Crippen LogP contribution in [-0.2, 0) is 21.6 Å². The largest absolute Gasteiger partial charge is 0.388 e. The molecule has 8 nitrogen and oxygen atoms in total. The van der Waals surface area contributed by atoms with Crippen molar-refractivity contribution in [3.8, 4) is 0 Å². The van der Waals surface area contributed by atoms with Crippen LogP contribution in [0.1, 0.15) is 25.2 Å². The summed E-state index contributed by atoms with van der Waals surface area (Å²) >= 11 is 0. The van der Waals surface area contributed by atoms with E-state index in [2.05, 4.69) is 14.9 Å². The average Bonchev–Trinajstić information content (AvgIpc) is 2.88. The number of carbonyl (C=O) groups excluding carboxylic acids is 1. The number of aromatic nitrogens is 2. The van der Waals surface area contributed by atoms with Gasteiger partial charge in [0, 0.05) is 18.8 Å². The number of aliphatic hydroxyl groups excluding tert-OH is 1. The quantitative estimate of drug-likeness (QED) is 0.841.